The maximum atomic E-state index is 11.2. The second kappa shape index (κ2) is 6.11. The standard InChI is InChI=1S/C14H17BrN2O4/c1-14(13(18)19)5-7-16(8-6-14)9-10-3-2-4-11(12(10)15)17(20)21/h2-4H,5-9H2,1H3,(H,18,19). The molecule has 1 N–H and O–H groups in total. The van der Waals surface area contributed by atoms with Crippen LogP contribution >= 0.6 is 15.9 Å². The average Bonchev–Trinajstić information content (AvgIpc) is 2.43. The summed E-state index contributed by atoms with van der Waals surface area (Å²) in [5.41, 5.74) is 0.249. The first-order valence-corrected chi connectivity index (χ1v) is 7.50. The van der Waals surface area contributed by atoms with Crippen LogP contribution in [0.3, 0.4) is 0 Å². The lowest BCUT2D eigenvalue weighted by Crippen LogP contribution is -2.42. The van der Waals surface area contributed by atoms with Crippen LogP contribution in [0, 0.1) is 15.5 Å². The molecule has 2 rings (SSSR count). The number of hydrogen-bond donors (Lipinski definition) is 1. The monoisotopic (exact) mass is 356 g/mol. The van der Waals surface area contributed by atoms with Crippen molar-refractivity contribution in [2.75, 3.05) is 13.1 Å². The molecule has 114 valence electrons. The number of nitro groups is 1. The highest BCUT2D eigenvalue weighted by Crippen LogP contribution is 2.33. The van der Waals surface area contributed by atoms with Crippen molar-refractivity contribution < 1.29 is 14.8 Å². The first-order valence-electron chi connectivity index (χ1n) is 6.71. The lowest BCUT2D eigenvalue weighted by molar-refractivity contribution is -0.385. The molecule has 1 saturated heterocycles. The maximum absolute atomic E-state index is 11.2. The number of carboxylic acid groups (broad SMARTS) is 1. The van der Waals surface area contributed by atoms with Gasteiger partial charge in [0, 0.05) is 12.6 Å². The Bertz CT molecular complexity index is 568. The third kappa shape index (κ3) is 3.41. The van der Waals surface area contributed by atoms with E-state index in [0.717, 1.165) is 5.56 Å². The topological polar surface area (TPSA) is 83.7 Å². The molecular formula is C14H17BrN2O4. The molecule has 1 aromatic carbocycles. The number of piperidine rings is 1. The summed E-state index contributed by atoms with van der Waals surface area (Å²) < 4.78 is 0.501. The number of halogens is 1. The van der Waals surface area contributed by atoms with E-state index in [4.69, 9.17) is 0 Å². The van der Waals surface area contributed by atoms with E-state index in [1.807, 2.05) is 6.07 Å². The third-order valence-corrected chi connectivity index (χ3v) is 5.04. The zero-order chi connectivity index (χ0) is 15.6. The second-order valence-corrected chi connectivity index (χ2v) is 6.44. The zero-order valence-corrected chi connectivity index (χ0v) is 13.3. The van der Waals surface area contributed by atoms with Crippen LogP contribution in [0.25, 0.3) is 0 Å². The normalized spacial score (nSPS) is 18.4. The van der Waals surface area contributed by atoms with Crippen molar-refractivity contribution in [3.8, 4) is 0 Å². The van der Waals surface area contributed by atoms with Crippen molar-refractivity contribution >= 4 is 27.6 Å². The predicted molar refractivity (Wildman–Crippen MR) is 81.1 cm³/mol. The van der Waals surface area contributed by atoms with Gasteiger partial charge in [-0.25, -0.2) is 0 Å². The summed E-state index contributed by atoms with van der Waals surface area (Å²) in [6.45, 7) is 3.71. The summed E-state index contributed by atoms with van der Waals surface area (Å²) in [6, 6.07) is 4.98. The van der Waals surface area contributed by atoms with Gasteiger partial charge in [0.25, 0.3) is 5.69 Å². The highest BCUT2D eigenvalue weighted by atomic mass is 79.9. The SMILES string of the molecule is CC1(C(=O)O)CCN(Cc2cccc([N+](=O)[O-])c2Br)CC1. The van der Waals surface area contributed by atoms with E-state index in [-0.39, 0.29) is 5.69 Å². The molecule has 0 saturated carbocycles. The Balaban J connectivity index is 2.06. The summed E-state index contributed by atoms with van der Waals surface area (Å²) in [4.78, 5) is 23.9. The van der Waals surface area contributed by atoms with Crippen molar-refractivity contribution in [3.05, 3.63) is 38.3 Å². The van der Waals surface area contributed by atoms with E-state index in [1.54, 1.807) is 13.0 Å². The molecule has 1 aliphatic rings. The zero-order valence-electron chi connectivity index (χ0n) is 11.7. The van der Waals surface area contributed by atoms with Crippen molar-refractivity contribution in [2.45, 2.75) is 26.3 Å². The first kappa shape index (κ1) is 15.9. The molecule has 1 aromatic rings. The molecule has 0 aromatic heterocycles. The van der Waals surface area contributed by atoms with E-state index in [1.165, 1.54) is 6.07 Å². The number of benzene rings is 1. The molecule has 1 aliphatic heterocycles. The van der Waals surface area contributed by atoms with Crippen LogP contribution in [0.5, 0.6) is 0 Å². The van der Waals surface area contributed by atoms with Gasteiger partial charge >= 0.3 is 5.97 Å². The Morgan fingerprint density at radius 1 is 1.48 bits per heavy atom. The van der Waals surface area contributed by atoms with Crippen molar-refractivity contribution in [1.29, 1.82) is 0 Å². The Labute approximate surface area is 131 Å². The van der Waals surface area contributed by atoms with E-state index in [9.17, 15) is 20.0 Å². The molecule has 7 heteroatoms. The Morgan fingerprint density at radius 2 is 2.10 bits per heavy atom. The molecule has 0 bridgehead atoms. The van der Waals surface area contributed by atoms with Gasteiger partial charge in [-0.2, -0.15) is 0 Å². The summed E-state index contributed by atoms with van der Waals surface area (Å²) in [7, 11) is 0. The molecule has 0 amide bonds. The maximum Gasteiger partial charge on any atom is 0.309 e. The van der Waals surface area contributed by atoms with Gasteiger partial charge in [-0.1, -0.05) is 12.1 Å². The van der Waals surface area contributed by atoms with Gasteiger partial charge in [-0.15, -0.1) is 0 Å². The van der Waals surface area contributed by atoms with Gasteiger partial charge in [0.05, 0.1) is 14.8 Å². The van der Waals surface area contributed by atoms with Crippen LogP contribution < -0.4 is 0 Å². The van der Waals surface area contributed by atoms with Crippen LogP contribution in [0.4, 0.5) is 5.69 Å². The van der Waals surface area contributed by atoms with E-state index >= 15 is 0 Å². The Morgan fingerprint density at radius 3 is 2.62 bits per heavy atom. The van der Waals surface area contributed by atoms with Gasteiger partial charge < -0.3 is 5.11 Å². The first-order chi connectivity index (χ1) is 9.83. The van der Waals surface area contributed by atoms with Crippen LogP contribution in [-0.2, 0) is 11.3 Å². The van der Waals surface area contributed by atoms with Crippen molar-refractivity contribution in [1.82, 2.24) is 4.90 Å². The van der Waals surface area contributed by atoms with Gasteiger partial charge in [0.1, 0.15) is 0 Å². The summed E-state index contributed by atoms with van der Waals surface area (Å²) >= 11 is 3.29. The van der Waals surface area contributed by atoms with E-state index in [2.05, 4.69) is 20.8 Å². The smallest absolute Gasteiger partial charge is 0.309 e. The number of likely N-dealkylation sites (tertiary alicyclic amines) is 1. The molecule has 1 fully saturated rings. The minimum atomic E-state index is -0.751. The number of rotatable bonds is 4. The second-order valence-electron chi connectivity index (χ2n) is 5.65. The van der Waals surface area contributed by atoms with Gasteiger partial charge in [0.2, 0.25) is 0 Å². The fourth-order valence-electron chi connectivity index (χ4n) is 2.49. The summed E-state index contributed by atoms with van der Waals surface area (Å²) in [5.74, 6) is -0.751. The highest BCUT2D eigenvalue weighted by Gasteiger charge is 2.36. The number of nitro benzene ring substituents is 1. The van der Waals surface area contributed by atoms with Gasteiger partial charge in [-0.05, 0) is 54.3 Å². The molecule has 0 unspecified atom stereocenters. The number of carbonyl (C=O) groups is 1. The van der Waals surface area contributed by atoms with Crippen LogP contribution in [0.15, 0.2) is 22.7 Å². The van der Waals surface area contributed by atoms with E-state index in [0.29, 0.717) is 36.9 Å². The minimum absolute atomic E-state index is 0.0554. The fourth-order valence-corrected chi connectivity index (χ4v) is 3.02. The molecule has 1 heterocycles. The third-order valence-electron chi connectivity index (χ3n) is 4.12. The molecular weight excluding hydrogens is 340 g/mol. The Hall–Kier alpha value is -1.47. The quantitative estimate of drug-likeness (QED) is 0.661. The number of carboxylic acids is 1. The summed E-state index contributed by atoms with van der Waals surface area (Å²) in [6.07, 6.45) is 1.18. The van der Waals surface area contributed by atoms with Crippen LogP contribution in [0.2, 0.25) is 0 Å². The lowest BCUT2D eigenvalue weighted by atomic mass is 9.80. The largest absolute Gasteiger partial charge is 0.481 e. The van der Waals surface area contributed by atoms with E-state index < -0.39 is 16.3 Å². The summed E-state index contributed by atoms with van der Waals surface area (Å²) in [5, 5.41) is 20.1. The van der Waals surface area contributed by atoms with Gasteiger partial charge in [0.15, 0.2) is 0 Å². The molecule has 0 atom stereocenters. The lowest BCUT2D eigenvalue weighted by Gasteiger charge is -2.36. The van der Waals surface area contributed by atoms with Crippen LogP contribution in [-0.4, -0.2) is 34.0 Å². The Kier molecular flexibility index (Phi) is 4.63. The average molecular weight is 357 g/mol. The molecule has 0 radical (unpaired) electrons. The molecule has 6 nitrogen and oxygen atoms in total. The number of aliphatic carboxylic acids is 1. The highest BCUT2D eigenvalue weighted by molar-refractivity contribution is 9.10. The van der Waals surface area contributed by atoms with Gasteiger partial charge in [-0.3, -0.25) is 19.8 Å². The molecule has 0 aliphatic carbocycles. The minimum Gasteiger partial charge on any atom is -0.481 e. The predicted octanol–water partition coefficient (Wildman–Crippen LogP) is 3.04. The number of hydrogen-bond acceptors (Lipinski definition) is 4. The number of nitrogens with zero attached hydrogens (tertiary/aromatic N) is 2. The van der Waals surface area contributed by atoms with Crippen LogP contribution in [0.1, 0.15) is 25.3 Å². The van der Waals surface area contributed by atoms with Crippen molar-refractivity contribution in [2.24, 2.45) is 5.41 Å². The molecule has 0 spiro atoms. The van der Waals surface area contributed by atoms with Crippen molar-refractivity contribution in [3.63, 3.8) is 0 Å². The molecule has 21 heavy (non-hydrogen) atoms. The fraction of sp³-hybridized carbons (Fsp3) is 0.500.